The summed E-state index contributed by atoms with van der Waals surface area (Å²) in [5, 5.41) is 2.70. The average Bonchev–Trinajstić information content (AvgIpc) is 2.57. The first-order valence-corrected chi connectivity index (χ1v) is 8.27. The van der Waals surface area contributed by atoms with Crippen molar-refractivity contribution in [2.75, 3.05) is 13.2 Å². The largest absolute Gasteiger partial charge is 0.374 e. The van der Waals surface area contributed by atoms with Crippen LogP contribution in [0.1, 0.15) is 35.4 Å². The molecule has 0 saturated heterocycles. The molecule has 2 aromatic rings. The van der Waals surface area contributed by atoms with Crippen LogP contribution in [0, 0.1) is 5.82 Å². The Morgan fingerprint density at radius 3 is 2.74 bits per heavy atom. The van der Waals surface area contributed by atoms with Gasteiger partial charge in [-0.3, -0.25) is 4.79 Å². The van der Waals surface area contributed by atoms with Gasteiger partial charge in [0.2, 0.25) is 0 Å². The Balaban J connectivity index is 1.71. The minimum Gasteiger partial charge on any atom is -0.374 e. The molecular weight excluding hydrogens is 361 g/mol. The van der Waals surface area contributed by atoms with Gasteiger partial charge in [0.25, 0.3) is 5.91 Å². The lowest BCUT2D eigenvalue weighted by Gasteiger charge is -2.13. The fourth-order valence-corrected chi connectivity index (χ4v) is 2.48. The Morgan fingerprint density at radius 1 is 1.26 bits per heavy atom. The van der Waals surface area contributed by atoms with Crippen LogP contribution in [0.25, 0.3) is 0 Å². The minimum atomic E-state index is -0.528. The van der Waals surface area contributed by atoms with E-state index < -0.39 is 11.7 Å². The molecule has 2 rings (SSSR count). The second kappa shape index (κ2) is 8.79. The molecule has 0 saturated carbocycles. The quantitative estimate of drug-likeness (QED) is 0.719. The van der Waals surface area contributed by atoms with Gasteiger partial charge in [-0.15, -0.1) is 0 Å². The smallest absolute Gasteiger partial charge is 0.254 e. The van der Waals surface area contributed by atoms with Crippen LogP contribution < -0.4 is 5.32 Å². The fourth-order valence-electron chi connectivity index (χ4n) is 2.12. The summed E-state index contributed by atoms with van der Waals surface area (Å²) in [6.07, 6.45) is 0.674. The number of nitrogens with one attached hydrogen (secondary N) is 1. The van der Waals surface area contributed by atoms with Crippen LogP contribution in [-0.4, -0.2) is 19.1 Å². The van der Waals surface area contributed by atoms with E-state index in [0.717, 1.165) is 5.56 Å². The molecular formula is C18H19BrFNO2. The molecule has 1 atom stereocenters. The number of carbonyl (C=O) groups is 1. The highest BCUT2D eigenvalue weighted by atomic mass is 79.9. The third-order valence-corrected chi connectivity index (χ3v) is 3.91. The van der Waals surface area contributed by atoms with E-state index in [9.17, 15) is 9.18 Å². The maximum atomic E-state index is 13.6. The lowest BCUT2D eigenvalue weighted by Crippen LogP contribution is -2.26. The monoisotopic (exact) mass is 379 g/mol. The molecule has 3 nitrogen and oxygen atoms in total. The van der Waals surface area contributed by atoms with E-state index in [1.165, 1.54) is 12.1 Å². The van der Waals surface area contributed by atoms with Gasteiger partial charge in [0.1, 0.15) is 5.82 Å². The molecule has 0 radical (unpaired) electrons. The highest BCUT2D eigenvalue weighted by Crippen LogP contribution is 2.16. The van der Waals surface area contributed by atoms with Crippen LogP contribution in [0.3, 0.4) is 0 Å². The van der Waals surface area contributed by atoms with E-state index >= 15 is 0 Å². The molecule has 0 aliphatic carbocycles. The fraction of sp³-hybridized carbons (Fsp3) is 0.278. The summed E-state index contributed by atoms with van der Waals surface area (Å²) in [6.45, 7) is 2.95. The number of carbonyl (C=O) groups excluding carboxylic acids is 1. The van der Waals surface area contributed by atoms with Crippen molar-refractivity contribution in [3.05, 3.63) is 69.9 Å². The first-order valence-electron chi connectivity index (χ1n) is 7.47. The third kappa shape index (κ3) is 5.44. The average molecular weight is 380 g/mol. The number of amides is 1. The summed E-state index contributed by atoms with van der Waals surface area (Å²) in [5.41, 5.74) is 1.16. The van der Waals surface area contributed by atoms with Crippen LogP contribution in [0.15, 0.2) is 53.0 Å². The Morgan fingerprint density at radius 2 is 2.00 bits per heavy atom. The zero-order valence-corrected chi connectivity index (χ0v) is 14.5. The van der Waals surface area contributed by atoms with Crippen molar-refractivity contribution in [2.24, 2.45) is 0 Å². The van der Waals surface area contributed by atoms with Gasteiger partial charge in [-0.25, -0.2) is 4.39 Å². The molecule has 1 amide bonds. The predicted octanol–water partition coefficient (Wildman–Crippen LogP) is 4.49. The topological polar surface area (TPSA) is 38.3 Å². The van der Waals surface area contributed by atoms with Gasteiger partial charge in [0, 0.05) is 17.6 Å². The van der Waals surface area contributed by atoms with Gasteiger partial charge in [-0.2, -0.15) is 0 Å². The van der Waals surface area contributed by atoms with Crippen molar-refractivity contribution in [3.63, 3.8) is 0 Å². The number of benzene rings is 2. The Labute approximate surface area is 144 Å². The third-order valence-electron chi connectivity index (χ3n) is 3.42. The van der Waals surface area contributed by atoms with E-state index in [4.69, 9.17) is 4.74 Å². The van der Waals surface area contributed by atoms with Gasteiger partial charge in [-0.1, -0.05) is 46.3 Å². The summed E-state index contributed by atoms with van der Waals surface area (Å²) in [5.74, 6) is -0.945. The maximum Gasteiger partial charge on any atom is 0.254 e. The molecule has 0 bridgehead atoms. The number of hydrogen-bond donors (Lipinski definition) is 1. The van der Waals surface area contributed by atoms with Gasteiger partial charge < -0.3 is 10.1 Å². The molecule has 0 unspecified atom stereocenters. The van der Waals surface area contributed by atoms with E-state index in [1.54, 1.807) is 6.07 Å². The van der Waals surface area contributed by atoms with Crippen LogP contribution in [0.4, 0.5) is 4.39 Å². The van der Waals surface area contributed by atoms with Crippen molar-refractivity contribution in [1.82, 2.24) is 5.32 Å². The van der Waals surface area contributed by atoms with Crippen molar-refractivity contribution in [3.8, 4) is 0 Å². The second-order valence-corrected chi connectivity index (χ2v) is 6.07. The summed E-state index contributed by atoms with van der Waals surface area (Å²) >= 11 is 3.23. The first-order chi connectivity index (χ1) is 11.1. The van der Waals surface area contributed by atoms with Crippen molar-refractivity contribution >= 4 is 21.8 Å². The first kappa shape index (κ1) is 17.6. The van der Waals surface area contributed by atoms with E-state index in [0.29, 0.717) is 24.0 Å². The molecule has 2 aromatic carbocycles. The number of ether oxygens (including phenoxy) is 1. The van der Waals surface area contributed by atoms with Crippen LogP contribution in [0.2, 0.25) is 0 Å². The predicted molar refractivity (Wildman–Crippen MR) is 91.9 cm³/mol. The van der Waals surface area contributed by atoms with Crippen LogP contribution in [0.5, 0.6) is 0 Å². The molecule has 0 fully saturated rings. The number of hydrogen-bond acceptors (Lipinski definition) is 2. The molecule has 0 aliphatic heterocycles. The molecule has 1 N–H and O–H groups in total. The standard InChI is InChI=1S/C18H19BrFNO2/c1-13(14-6-3-2-4-7-14)23-11-5-10-21-18(22)16-12-15(19)8-9-17(16)20/h2-4,6-9,12-13H,5,10-11H2,1H3,(H,21,22)/t13-/m0/s1. The van der Waals surface area contributed by atoms with Crippen molar-refractivity contribution < 1.29 is 13.9 Å². The Kier molecular flexibility index (Phi) is 6.74. The molecule has 23 heavy (non-hydrogen) atoms. The highest BCUT2D eigenvalue weighted by molar-refractivity contribution is 9.10. The lowest BCUT2D eigenvalue weighted by molar-refractivity contribution is 0.0634. The van der Waals surface area contributed by atoms with E-state index in [2.05, 4.69) is 21.2 Å². The summed E-state index contributed by atoms with van der Waals surface area (Å²) in [4.78, 5) is 11.9. The number of rotatable bonds is 7. The zero-order valence-electron chi connectivity index (χ0n) is 12.9. The Bertz CT molecular complexity index is 649. The molecule has 0 spiro atoms. The van der Waals surface area contributed by atoms with Crippen LogP contribution >= 0.6 is 15.9 Å². The molecule has 122 valence electrons. The SMILES string of the molecule is C[C@H](OCCCNC(=O)c1cc(Br)ccc1F)c1ccccc1. The molecule has 0 aromatic heterocycles. The van der Waals surface area contributed by atoms with E-state index in [1.807, 2.05) is 37.3 Å². The molecule has 5 heteroatoms. The van der Waals surface area contributed by atoms with Crippen molar-refractivity contribution in [2.45, 2.75) is 19.4 Å². The number of halogens is 2. The molecule has 0 aliphatic rings. The van der Waals surface area contributed by atoms with Crippen LogP contribution in [-0.2, 0) is 4.74 Å². The highest BCUT2D eigenvalue weighted by Gasteiger charge is 2.11. The Hall–Kier alpha value is -1.72. The zero-order chi connectivity index (χ0) is 16.7. The normalized spacial score (nSPS) is 12.0. The second-order valence-electron chi connectivity index (χ2n) is 5.16. The minimum absolute atomic E-state index is 0.00873. The summed E-state index contributed by atoms with van der Waals surface area (Å²) in [7, 11) is 0. The van der Waals surface area contributed by atoms with Gasteiger partial charge >= 0.3 is 0 Å². The maximum absolute atomic E-state index is 13.6. The van der Waals surface area contributed by atoms with Gasteiger partial charge in [0.15, 0.2) is 0 Å². The van der Waals surface area contributed by atoms with Gasteiger partial charge in [0.05, 0.1) is 11.7 Å². The van der Waals surface area contributed by atoms with Gasteiger partial charge in [-0.05, 0) is 37.1 Å². The van der Waals surface area contributed by atoms with Crippen molar-refractivity contribution in [1.29, 1.82) is 0 Å². The summed E-state index contributed by atoms with van der Waals surface area (Å²) < 4.78 is 20.0. The van der Waals surface area contributed by atoms with E-state index in [-0.39, 0.29) is 11.7 Å². The lowest BCUT2D eigenvalue weighted by atomic mass is 10.1. The summed E-state index contributed by atoms with van der Waals surface area (Å²) in [6, 6.07) is 14.2. The molecule has 0 heterocycles.